The number of carbonyl (C=O) groups is 1. The highest BCUT2D eigenvalue weighted by atomic mass is 35.5. The van der Waals surface area contributed by atoms with Crippen LogP contribution in [0.15, 0.2) is 24.3 Å². The molecule has 1 heterocycles. The van der Waals surface area contributed by atoms with E-state index in [1.807, 2.05) is 24.3 Å². The quantitative estimate of drug-likeness (QED) is 0.896. The Morgan fingerprint density at radius 3 is 3.00 bits per heavy atom. The lowest BCUT2D eigenvalue weighted by atomic mass is 10.1. The van der Waals surface area contributed by atoms with E-state index in [-0.39, 0.29) is 12.0 Å². The van der Waals surface area contributed by atoms with Crippen molar-refractivity contribution < 1.29 is 9.53 Å². The van der Waals surface area contributed by atoms with Crippen molar-refractivity contribution in [3.8, 4) is 0 Å². The monoisotopic (exact) mass is 253 g/mol. The maximum Gasteiger partial charge on any atom is 0.222 e. The second kappa shape index (κ2) is 6.03. The molecular formula is C13H16ClNO2. The fourth-order valence-corrected chi connectivity index (χ4v) is 2.12. The summed E-state index contributed by atoms with van der Waals surface area (Å²) in [7, 11) is 0. The highest BCUT2D eigenvalue weighted by Gasteiger charge is 2.18. The van der Waals surface area contributed by atoms with Gasteiger partial charge in [-0.1, -0.05) is 29.8 Å². The van der Waals surface area contributed by atoms with Crippen LogP contribution < -0.4 is 5.32 Å². The zero-order valence-electron chi connectivity index (χ0n) is 9.62. The molecule has 17 heavy (non-hydrogen) atoms. The number of amides is 1. The summed E-state index contributed by atoms with van der Waals surface area (Å²) in [5.74, 6) is 0.0248. The molecule has 0 radical (unpaired) electrons. The maximum atomic E-state index is 11.6. The third-order valence-corrected chi connectivity index (χ3v) is 3.24. The summed E-state index contributed by atoms with van der Waals surface area (Å²) in [6, 6.07) is 7.52. The Balaban J connectivity index is 1.77. The van der Waals surface area contributed by atoms with E-state index in [0.29, 0.717) is 18.0 Å². The number of halogens is 1. The molecule has 4 heteroatoms. The number of hydrogen-bond acceptors (Lipinski definition) is 2. The van der Waals surface area contributed by atoms with Gasteiger partial charge in [0.25, 0.3) is 0 Å². The van der Waals surface area contributed by atoms with E-state index in [1.165, 1.54) is 0 Å². The first kappa shape index (κ1) is 12.4. The number of carbonyl (C=O) groups excluding carboxylic acids is 1. The molecular weight excluding hydrogens is 238 g/mol. The van der Waals surface area contributed by atoms with Crippen molar-refractivity contribution in [2.24, 2.45) is 0 Å². The summed E-state index contributed by atoms with van der Waals surface area (Å²) in [5.41, 5.74) is 0.940. The first-order valence-corrected chi connectivity index (χ1v) is 6.25. The average Bonchev–Trinajstić information content (AvgIpc) is 2.81. The SMILES string of the molecule is O=C(CC1CCCO1)NCc1ccccc1Cl. The third-order valence-electron chi connectivity index (χ3n) is 2.87. The summed E-state index contributed by atoms with van der Waals surface area (Å²) in [6.07, 6.45) is 2.59. The summed E-state index contributed by atoms with van der Waals surface area (Å²) < 4.78 is 5.41. The van der Waals surface area contributed by atoms with Gasteiger partial charge >= 0.3 is 0 Å². The lowest BCUT2D eigenvalue weighted by Gasteiger charge is -2.10. The number of ether oxygens (including phenoxy) is 1. The van der Waals surface area contributed by atoms with Crippen molar-refractivity contribution in [1.29, 1.82) is 0 Å². The summed E-state index contributed by atoms with van der Waals surface area (Å²) in [6.45, 7) is 1.26. The van der Waals surface area contributed by atoms with Crippen molar-refractivity contribution in [3.63, 3.8) is 0 Å². The molecule has 0 aromatic heterocycles. The Bertz CT molecular complexity index is 389. The van der Waals surface area contributed by atoms with Crippen LogP contribution in [0.4, 0.5) is 0 Å². The van der Waals surface area contributed by atoms with Gasteiger partial charge in [0.1, 0.15) is 0 Å². The molecule has 1 N–H and O–H groups in total. The van der Waals surface area contributed by atoms with Crippen LogP contribution in [-0.2, 0) is 16.1 Å². The van der Waals surface area contributed by atoms with Gasteiger partial charge in [0.2, 0.25) is 5.91 Å². The molecule has 3 nitrogen and oxygen atoms in total. The Morgan fingerprint density at radius 1 is 1.47 bits per heavy atom. The van der Waals surface area contributed by atoms with E-state index < -0.39 is 0 Å². The topological polar surface area (TPSA) is 38.3 Å². The fourth-order valence-electron chi connectivity index (χ4n) is 1.92. The minimum absolute atomic E-state index is 0.0248. The number of hydrogen-bond donors (Lipinski definition) is 1. The first-order valence-electron chi connectivity index (χ1n) is 5.87. The van der Waals surface area contributed by atoms with Gasteiger partial charge in [-0.05, 0) is 24.5 Å². The van der Waals surface area contributed by atoms with E-state index in [1.54, 1.807) is 0 Å². The van der Waals surface area contributed by atoms with Gasteiger partial charge in [-0.2, -0.15) is 0 Å². The van der Waals surface area contributed by atoms with Crippen LogP contribution in [-0.4, -0.2) is 18.6 Å². The Hall–Kier alpha value is -1.06. The average molecular weight is 254 g/mol. The van der Waals surface area contributed by atoms with Crippen molar-refractivity contribution in [1.82, 2.24) is 5.32 Å². The summed E-state index contributed by atoms with van der Waals surface area (Å²) in [5, 5.41) is 3.55. The van der Waals surface area contributed by atoms with Gasteiger partial charge in [0.05, 0.1) is 12.5 Å². The van der Waals surface area contributed by atoms with E-state index >= 15 is 0 Å². The Morgan fingerprint density at radius 2 is 2.29 bits per heavy atom. The van der Waals surface area contributed by atoms with Gasteiger partial charge in [-0.3, -0.25) is 4.79 Å². The summed E-state index contributed by atoms with van der Waals surface area (Å²) >= 11 is 6.00. The Labute approximate surface area is 106 Å². The van der Waals surface area contributed by atoms with Gasteiger partial charge < -0.3 is 10.1 Å². The predicted molar refractivity (Wildman–Crippen MR) is 66.9 cm³/mol. The minimum atomic E-state index is 0.0248. The summed E-state index contributed by atoms with van der Waals surface area (Å²) in [4.78, 5) is 11.6. The van der Waals surface area contributed by atoms with Crippen molar-refractivity contribution >= 4 is 17.5 Å². The van der Waals surface area contributed by atoms with E-state index in [0.717, 1.165) is 25.0 Å². The van der Waals surface area contributed by atoms with E-state index in [4.69, 9.17) is 16.3 Å². The molecule has 1 aromatic carbocycles. The number of nitrogens with one attached hydrogen (secondary N) is 1. The predicted octanol–water partition coefficient (Wildman–Crippen LogP) is 2.53. The molecule has 1 fully saturated rings. The Kier molecular flexibility index (Phi) is 4.40. The molecule has 0 saturated carbocycles. The highest BCUT2D eigenvalue weighted by Crippen LogP contribution is 2.16. The van der Waals surface area contributed by atoms with Crippen LogP contribution in [0, 0.1) is 0 Å². The molecule has 1 saturated heterocycles. The second-order valence-electron chi connectivity index (χ2n) is 4.21. The van der Waals surface area contributed by atoms with Crippen molar-refractivity contribution in [3.05, 3.63) is 34.9 Å². The van der Waals surface area contributed by atoms with Crippen LogP contribution in [0.3, 0.4) is 0 Å². The van der Waals surface area contributed by atoms with Crippen molar-refractivity contribution in [2.75, 3.05) is 6.61 Å². The van der Waals surface area contributed by atoms with E-state index in [2.05, 4.69) is 5.32 Å². The molecule has 1 atom stereocenters. The van der Waals surface area contributed by atoms with Crippen LogP contribution in [0.25, 0.3) is 0 Å². The third kappa shape index (κ3) is 3.72. The molecule has 0 aliphatic carbocycles. The molecule has 0 spiro atoms. The minimum Gasteiger partial charge on any atom is -0.378 e. The molecule has 92 valence electrons. The molecule has 1 unspecified atom stereocenters. The van der Waals surface area contributed by atoms with Gasteiger partial charge in [0, 0.05) is 18.2 Å². The molecule has 1 aromatic rings. The van der Waals surface area contributed by atoms with E-state index in [9.17, 15) is 4.79 Å². The molecule has 1 aliphatic heterocycles. The number of benzene rings is 1. The normalized spacial score (nSPS) is 19.2. The van der Waals surface area contributed by atoms with Crippen LogP contribution in [0.5, 0.6) is 0 Å². The second-order valence-corrected chi connectivity index (χ2v) is 4.61. The zero-order valence-corrected chi connectivity index (χ0v) is 10.4. The largest absolute Gasteiger partial charge is 0.378 e. The highest BCUT2D eigenvalue weighted by molar-refractivity contribution is 6.31. The first-order chi connectivity index (χ1) is 8.25. The van der Waals surface area contributed by atoms with Crippen LogP contribution in [0.2, 0.25) is 5.02 Å². The van der Waals surface area contributed by atoms with Gasteiger partial charge in [-0.25, -0.2) is 0 Å². The number of rotatable bonds is 4. The molecule has 1 amide bonds. The smallest absolute Gasteiger partial charge is 0.222 e. The zero-order chi connectivity index (χ0) is 12.1. The van der Waals surface area contributed by atoms with Crippen LogP contribution in [0.1, 0.15) is 24.8 Å². The standard InChI is InChI=1S/C13H16ClNO2/c14-12-6-2-1-4-10(12)9-15-13(16)8-11-5-3-7-17-11/h1-2,4,6,11H,3,5,7-9H2,(H,15,16). The molecule has 2 rings (SSSR count). The van der Waals surface area contributed by atoms with Crippen molar-refractivity contribution in [2.45, 2.75) is 31.9 Å². The lowest BCUT2D eigenvalue weighted by Crippen LogP contribution is -2.26. The molecule has 0 bridgehead atoms. The maximum absolute atomic E-state index is 11.6. The fraction of sp³-hybridized carbons (Fsp3) is 0.462. The molecule has 1 aliphatic rings. The lowest BCUT2D eigenvalue weighted by molar-refractivity contribution is -0.123. The van der Waals surface area contributed by atoms with Crippen LogP contribution >= 0.6 is 11.6 Å². The van der Waals surface area contributed by atoms with Gasteiger partial charge in [0.15, 0.2) is 0 Å². The van der Waals surface area contributed by atoms with Gasteiger partial charge in [-0.15, -0.1) is 0 Å².